The predicted molar refractivity (Wildman–Crippen MR) is 89.3 cm³/mol. The molecule has 1 aliphatic carbocycles. The van der Waals surface area contributed by atoms with Crippen molar-refractivity contribution in [1.82, 2.24) is 15.5 Å². The molecule has 1 aromatic carbocycles. The largest absolute Gasteiger partial charge is 0.352 e. The molecule has 0 atom stereocenters. The zero-order valence-electron chi connectivity index (χ0n) is 13.7. The van der Waals surface area contributed by atoms with Gasteiger partial charge in [0.1, 0.15) is 0 Å². The van der Waals surface area contributed by atoms with Gasteiger partial charge in [-0.1, -0.05) is 18.2 Å². The van der Waals surface area contributed by atoms with Crippen molar-refractivity contribution in [2.45, 2.75) is 44.7 Å². The lowest BCUT2D eigenvalue weighted by molar-refractivity contribution is -0.122. The molecule has 1 saturated heterocycles. The van der Waals surface area contributed by atoms with Crippen molar-refractivity contribution in [3.8, 4) is 0 Å². The van der Waals surface area contributed by atoms with Gasteiger partial charge in [-0.25, -0.2) is 0 Å². The van der Waals surface area contributed by atoms with Gasteiger partial charge in [0.05, 0.1) is 6.54 Å². The summed E-state index contributed by atoms with van der Waals surface area (Å²) in [5.74, 6) is 0.142. The molecule has 1 aromatic rings. The van der Waals surface area contributed by atoms with Gasteiger partial charge in [0.2, 0.25) is 5.91 Å². The van der Waals surface area contributed by atoms with Crippen molar-refractivity contribution >= 4 is 11.8 Å². The average molecular weight is 315 g/mol. The number of aryl methyl sites for hydroxylation is 1. The molecule has 0 radical (unpaired) electrons. The number of rotatable bonds is 5. The van der Waals surface area contributed by atoms with Crippen molar-refractivity contribution in [3.05, 3.63) is 35.4 Å². The van der Waals surface area contributed by atoms with Crippen molar-refractivity contribution in [1.29, 1.82) is 0 Å². The fourth-order valence-corrected chi connectivity index (χ4v) is 3.03. The SMILES string of the molecule is Cc1ccccc1C(=O)NC1CCN(CC(=O)NC2CC2)CC1. The van der Waals surface area contributed by atoms with Crippen LogP contribution in [0.1, 0.15) is 41.6 Å². The Bertz CT molecular complexity index is 575. The Morgan fingerprint density at radius 3 is 2.35 bits per heavy atom. The van der Waals surface area contributed by atoms with Gasteiger partial charge in [0.15, 0.2) is 0 Å². The summed E-state index contributed by atoms with van der Waals surface area (Å²) in [5.41, 5.74) is 1.75. The number of carbonyl (C=O) groups is 2. The first-order valence-corrected chi connectivity index (χ1v) is 8.50. The molecule has 2 amide bonds. The van der Waals surface area contributed by atoms with Crippen LogP contribution in [0.3, 0.4) is 0 Å². The summed E-state index contributed by atoms with van der Waals surface area (Å²) in [6.45, 7) is 4.15. The van der Waals surface area contributed by atoms with E-state index in [1.54, 1.807) is 0 Å². The Kier molecular flexibility index (Phi) is 4.96. The Hall–Kier alpha value is -1.88. The van der Waals surface area contributed by atoms with Crippen LogP contribution in [0.2, 0.25) is 0 Å². The zero-order chi connectivity index (χ0) is 16.2. The molecular formula is C18H25N3O2. The van der Waals surface area contributed by atoms with Gasteiger partial charge in [-0.15, -0.1) is 0 Å². The molecule has 1 aliphatic heterocycles. The molecule has 5 heteroatoms. The van der Waals surface area contributed by atoms with E-state index in [0.29, 0.717) is 12.6 Å². The topological polar surface area (TPSA) is 61.4 Å². The molecule has 124 valence electrons. The first kappa shape index (κ1) is 16.0. The van der Waals surface area contributed by atoms with E-state index in [1.165, 1.54) is 0 Å². The Morgan fingerprint density at radius 2 is 1.70 bits per heavy atom. The Labute approximate surface area is 137 Å². The number of nitrogens with zero attached hydrogens (tertiary/aromatic N) is 1. The minimum absolute atomic E-state index is 0.00743. The molecule has 0 unspecified atom stereocenters. The molecule has 2 aliphatic rings. The second-order valence-electron chi connectivity index (χ2n) is 6.68. The lowest BCUT2D eigenvalue weighted by Crippen LogP contribution is -2.47. The molecule has 2 N–H and O–H groups in total. The van der Waals surface area contributed by atoms with E-state index in [-0.39, 0.29) is 17.9 Å². The number of amides is 2. The molecule has 2 fully saturated rings. The summed E-state index contributed by atoms with van der Waals surface area (Å²) in [7, 11) is 0. The maximum absolute atomic E-state index is 12.3. The first-order chi connectivity index (χ1) is 11.1. The number of hydrogen-bond acceptors (Lipinski definition) is 3. The molecule has 5 nitrogen and oxygen atoms in total. The van der Waals surface area contributed by atoms with Crippen molar-refractivity contribution in [2.24, 2.45) is 0 Å². The van der Waals surface area contributed by atoms with Crippen LogP contribution in [-0.2, 0) is 4.79 Å². The third-order valence-corrected chi connectivity index (χ3v) is 4.62. The minimum Gasteiger partial charge on any atom is -0.352 e. The van der Waals surface area contributed by atoms with E-state index in [9.17, 15) is 9.59 Å². The van der Waals surface area contributed by atoms with Gasteiger partial charge in [0, 0.05) is 30.7 Å². The monoisotopic (exact) mass is 315 g/mol. The lowest BCUT2D eigenvalue weighted by Gasteiger charge is -2.32. The van der Waals surface area contributed by atoms with Crippen LogP contribution in [0, 0.1) is 6.92 Å². The normalized spacial score (nSPS) is 19.3. The zero-order valence-corrected chi connectivity index (χ0v) is 13.7. The second-order valence-corrected chi connectivity index (χ2v) is 6.68. The number of carbonyl (C=O) groups excluding carboxylic acids is 2. The van der Waals surface area contributed by atoms with E-state index < -0.39 is 0 Å². The average Bonchev–Trinajstić information content (AvgIpc) is 3.33. The summed E-state index contributed by atoms with van der Waals surface area (Å²) in [4.78, 5) is 26.3. The van der Waals surface area contributed by atoms with Gasteiger partial charge < -0.3 is 10.6 Å². The Morgan fingerprint density at radius 1 is 1.04 bits per heavy atom. The van der Waals surface area contributed by atoms with E-state index in [2.05, 4.69) is 15.5 Å². The van der Waals surface area contributed by atoms with Crippen LogP contribution in [-0.4, -0.2) is 48.4 Å². The number of hydrogen-bond donors (Lipinski definition) is 2. The molecule has 0 bridgehead atoms. The van der Waals surface area contributed by atoms with Gasteiger partial charge in [-0.2, -0.15) is 0 Å². The predicted octanol–water partition coefficient (Wildman–Crippen LogP) is 1.47. The molecule has 1 saturated carbocycles. The smallest absolute Gasteiger partial charge is 0.251 e. The maximum atomic E-state index is 12.3. The summed E-state index contributed by atoms with van der Waals surface area (Å²) in [5, 5.41) is 6.15. The lowest BCUT2D eigenvalue weighted by atomic mass is 10.0. The van der Waals surface area contributed by atoms with E-state index in [1.807, 2.05) is 31.2 Å². The van der Waals surface area contributed by atoms with Crippen LogP contribution in [0.25, 0.3) is 0 Å². The highest BCUT2D eigenvalue weighted by Gasteiger charge is 2.26. The number of piperidine rings is 1. The number of benzene rings is 1. The number of likely N-dealkylation sites (tertiary alicyclic amines) is 1. The molecule has 0 aromatic heterocycles. The highest BCUT2D eigenvalue weighted by atomic mass is 16.2. The van der Waals surface area contributed by atoms with Gasteiger partial charge in [-0.3, -0.25) is 14.5 Å². The summed E-state index contributed by atoms with van der Waals surface area (Å²) < 4.78 is 0. The standard InChI is InChI=1S/C18H25N3O2/c1-13-4-2-3-5-16(13)18(23)20-15-8-10-21(11-9-15)12-17(22)19-14-6-7-14/h2-5,14-15H,6-12H2,1H3,(H,19,22)(H,20,23). The van der Waals surface area contributed by atoms with Crippen LogP contribution < -0.4 is 10.6 Å². The molecule has 23 heavy (non-hydrogen) atoms. The van der Waals surface area contributed by atoms with Crippen molar-refractivity contribution in [3.63, 3.8) is 0 Å². The van der Waals surface area contributed by atoms with Gasteiger partial charge >= 0.3 is 0 Å². The maximum Gasteiger partial charge on any atom is 0.251 e. The Balaban J connectivity index is 1.42. The third-order valence-electron chi connectivity index (χ3n) is 4.62. The molecular weight excluding hydrogens is 290 g/mol. The highest BCUT2D eigenvalue weighted by Crippen LogP contribution is 2.18. The minimum atomic E-state index is 0.00743. The fraction of sp³-hybridized carbons (Fsp3) is 0.556. The summed E-state index contributed by atoms with van der Waals surface area (Å²) >= 11 is 0. The first-order valence-electron chi connectivity index (χ1n) is 8.50. The summed E-state index contributed by atoms with van der Waals surface area (Å²) in [6.07, 6.45) is 4.04. The molecule has 1 heterocycles. The van der Waals surface area contributed by atoms with E-state index >= 15 is 0 Å². The van der Waals surface area contributed by atoms with Gasteiger partial charge in [0.25, 0.3) is 5.91 Å². The van der Waals surface area contributed by atoms with Crippen LogP contribution in [0.5, 0.6) is 0 Å². The van der Waals surface area contributed by atoms with Crippen LogP contribution in [0.4, 0.5) is 0 Å². The van der Waals surface area contributed by atoms with Crippen LogP contribution in [0.15, 0.2) is 24.3 Å². The highest BCUT2D eigenvalue weighted by molar-refractivity contribution is 5.95. The fourth-order valence-electron chi connectivity index (χ4n) is 3.03. The van der Waals surface area contributed by atoms with Gasteiger partial charge in [-0.05, 0) is 44.2 Å². The molecule has 0 spiro atoms. The number of nitrogens with one attached hydrogen (secondary N) is 2. The third kappa shape index (κ3) is 4.55. The van der Waals surface area contributed by atoms with Crippen LogP contribution >= 0.6 is 0 Å². The molecule has 3 rings (SSSR count). The van der Waals surface area contributed by atoms with Crippen molar-refractivity contribution < 1.29 is 9.59 Å². The second kappa shape index (κ2) is 7.13. The van der Waals surface area contributed by atoms with Crippen molar-refractivity contribution in [2.75, 3.05) is 19.6 Å². The quantitative estimate of drug-likeness (QED) is 0.865. The van der Waals surface area contributed by atoms with E-state index in [4.69, 9.17) is 0 Å². The summed E-state index contributed by atoms with van der Waals surface area (Å²) in [6, 6.07) is 8.27. The van der Waals surface area contributed by atoms with E-state index in [0.717, 1.165) is 49.9 Å².